The second kappa shape index (κ2) is 5.08. The second-order valence-corrected chi connectivity index (χ2v) is 4.39. The Bertz CT molecular complexity index is 472. The summed E-state index contributed by atoms with van der Waals surface area (Å²) in [6, 6.07) is 6.67. The lowest BCUT2D eigenvalue weighted by molar-refractivity contribution is -0.142. The minimum Gasteiger partial charge on any atom is -0.492 e. The van der Waals surface area contributed by atoms with Crippen molar-refractivity contribution in [2.24, 2.45) is 5.92 Å². The van der Waals surface area contributed by atoms with Crippen molar-refractivity contribution in [2.75, 3.05) is 6.61 Å². The highest BCUT2D eigenvalue weighted by atomic mass is 16.5. The summed E-state index contributed by atoms with van der Waals surface area (Å²) in [6.45, 7) is 1.73. The Kier molecular flexibility index (Phi) is 3.50. The predicted octanol–water partition coefficient (Wildman–Crippen LogP) is 0.827. The first-order valence-corrected chi connectivity index (χ1v) is 5.82. The Labute approximate surface area is 105 Å². The predicted molar refractivity (Wildman–Crippen MR) is 64.4 cm³/mol. The van der Waals surface area contributed by atoms with Crippen molar-refractivity contribution in [1.29, 1.82) is 0 Å². The van der Waals surface area contributed by atoms with E-state index in [-0.39, 0.29) is 18.4 Å². The van der Waals surface area contributed by atoms with E-state index >= 15 is 0 Å². The SMILES string of the molecule is CC(NC(=O)C1COc2ccccc2C1)C(=O)O. The second-order valence-electron chi connectivity index (χ2n) is 4.39. The van der Waals surface area contributed by atoms with E-state index in [1.165, 1.54) is 6.92 Å². The first-order valence-electron chi connectivity index (χ1n) is 5.82. The number of fused-ring (bicyclic) bond motifs is 1. The van der Waals surface area contributed by atoms with Gasteiger partial charge in [-0.05, 0) is 25.0 Å². The quantitative estimate of drug-likeness (QED) is 0.831. The molecule has 2 rings (SSSR count). The molecule has 1 aromatic rings. The third-order valence-electron chi connectivity index (χ3n) is 2.98. The van der Waals surface area contributed by atoms with Crippen LogP contribution in [0.1, 0.15) is 12.5 Å². The summed E-state index contributed by atoms with van der Waals surface area (Å²) in [5.74, 6) is -0.852. The molecule has 96 valence electrons. The third-order valence-corrected chi connectivity index (χ3v) is 2.98. The van der Waals surface area contributed by atoms with Crippen LogP contribution in [0.5, 0.6) is 5.75 Å². The summed E-state index contributed by atoms with van der Waals surface area (Å²) < 4.78 is 5.49. The molecular weight excluding hydrogens is 234 g/mol. The lowest BCUT2D eigenvalue weighted by Crippen LogP contribution is -2.44. The Hall–Kier alpha value is -2.04. The van der Waals surface area contributed by atoms with E-state index in [1.54, 1.807) is 0 Å². The zero-order valence-corrected chi connectivity index (χ0v) is 10.1. The fourth-order valence-corrected chi connectivity index (χ4v) is 1.89. The Morgan fingerprint density at radius 2 is 2.17 bits per heavy atom. The minimum atomic E-state index is -1.04. The average Bonchev–Trinajstić information content (AvgIpc) is 2.37. The highest BCUT2D eigenvalue weighted by molar-refractivity contribution is 5.85. The fourth-order valence-electron chi connectivity index (χ4n) is 1.89. The van der Waals surface area contributed by atoms with Crippen LogP contribution in [-0.4, -0.2) is 29.6 Å². The summed E-state index contributed by atoms with van der Waals surface area (Å²) in [7, 11) is 0. The minimum absolute atomic E-state index is 0.278. The van der Waals surface area contributed by atoms with E-state index in [9.17, 15) is 9.59 Å². The molecule has 1 amide bonds. The van der Waals surface area contributed by atoms with Crippen LogP contribution in [0, 0.1) is 5.92 Å². The number of carboxylic acids is 1. The number of aliphatic carboxylic acids is 1. The molecule has 0 aliphatic carbocycles. The molecule has 5 heteroatoms. The zero-order chi connectivity index (χ0) is 13.1. The Morgan fingerprint density at radius 3 is 2.89 bits per heavy atom. The molecule has 1 heterocycles. The summed E-state index contributed by atoms with van der Waals surface area (Å²) in [6.07, 6.45) is 0.578. The molecule has 5 nitrogen and oxygen atoms in total. The first-order chi connectivity index (χ1) is 8.58. The summed E-state index contributed by atoms with van der Waals surface area (Å²) in [4.78, 5) is 22.5. The molecule has 0 saturated carbocycles. The van der Waals surface area contributed by atoms with Crippen molar-refractivity contribution in [2.45, 2.75) is 19.4 Å². The van der Waals surface area contributed by atoms with Crippen molar-refractivity contribution in [3.05, 3.63) is 29.8 Å². The van der Waals surface area contributed by atoms with Crippen LogP contribution in [-0.2, 0) is 16.0 Å². The third kappa shape index (κ3) is 2.61. The number of para-hydroxylation sites is 1. The number of nitrogens with one attached hydrogen (secondary N) is 1. The van der Waals surface area contributed by atoms with E-state index in [4.69, 9.17) is 9.84 Å². The lowest BCUT2D eigenvalue weighted by atomic mass is 9.96. The number of carboxylic acid groups (broad SMARTS) is 1. The van der Waals surface area contributed by atoms with Gasteiger partial charge in [0.1, 0.15) is 18.4 Å². The zero-order valence-electron chi connectivity index (χ0n) is 10.1. The van der Waals surface area contributed by atoms with Gasteiger partial charge < -0.3 is 15.2 Å². The van der Waals surface area contributed by atoms with Gasteiger partial charge in [0.25, 0.3) is 0 Å². The standard InChI is InChI=1S/C13H15NO4/c1-8(13(16)17)14-12(15)10-6-9-4-2-3-5-11(9)18-7-10/h2-5,8,10H,6-7H2,1H3,(H,14,15)(H,16,17). The molecule has 0 bridgehead atoms. The maximum Gasteiger partial charge on any atom is 0.325 e. The van der Waals surface area contributed by atoms with Gasteiger partial charge >= 0.3 is 5.97 Å². The van der Waals surface area contributed by atoms with Crippen molar-refractivity contribution in [3.63, 3.8) is 0 Å². The summed E-state index contributed by atoms with van der Waals surface area (Å²) >= 11 is 0. The maximum absolute atomic E-state index is 11.9. The molecule has 1 aliphatic heterocycles. The number of rotatable bonds is 3. The molecule has 1 aliphatic rings. The van der Waals surface area contributed by atoms with Crippen molar-refractivity contribution >= 4 is 11.9 Å². The van der Waals surface area contributed by atoms with Gasteiger partial charge in [-0.25, -0.2) is 0 Å². The van der Waals surface area contributed by atoms with Crippen LogP contribution in [0.15, 0.2) is 24.3 Å². The Morgan fingerprint density at radius 1 is 1.44 bits per heavy atom. The molecule has 0 radical (unpaired) electrons. The van der Waals surface area contributed by atoms with Crippen LogP contribution in [0.4, 0.5) is 0 Å². The van der Waals surface area contributed by atoms with Gasteiger partial charge in [-0.3, -0.25) is 9.59 Å². The number of benzene rings is 1. The summed E-state index contributed by atoms with van der Waals surface area (Å²) in [5, 5.41) is 11.2. The van der Waals surface area contributed by atoms with E-state index in [0.717, 1.165) is 11.3 Å². The summed E-state index contributed by atoms with van der Waals surface area (Å²) in [5.41, 5.74) is 0.979. The van der Waals surface area contributed by atoms with Gasteiger partial charge in [0.2, 0.25) is 5.91 Å². The average molecular weight is 249 g/mol. The largest absolute Gasteiger partial charge is 0.492 e. The molecule has 1 aromatic carbocycles. The molecule has 0 aromatic heterocycles. The molecule has 0 spiro atoms. The molecule has 2 N–H and O–H groups in total. The van der Waals surface area contributed by atoms with Gasteiger partial charge in [-0.15, -0.1) is 0 Å². The number of amides is 1. The maximum atomic E-state index is 11.9. The smallest absolute Gasteiger partial charge is 0.325 e. The topological polar surface area (TPSA) is 75.6 Å². The van der Waals surface area contributed by atoms with E-state index in [2.05, 4.69) is 5.32 Å². The molecule has 0 saturated heterocycles. The van der Waals surface area contributed by atoms with Crippen molar-refractivity contribution in [3.8, 4) is 5.75 Å². The normalized spacial score (nSPS) is 19.3. The number of ether oxygens (including phenoxy) is 1. The molecular formula is C13H15NO4. The van der Waals surface area contributed by atoms with Crippen LogP contribution in [0.25, 0.3) is 0 Å². The van der Waals surface area contributed by atoms with Gasteiger partial charge in [-0.1, -0.05) is 18.2 Å². The monoisotopic (exact) mass is 249 g/mol. The number of hydrogen-bond donors (Lipinski definition) is 2. The van der Waals surface area contributed by atoms with Crippen LogP contribution >= 0.6 is 0 Å². The molecule has 0 fully saturated rings. The Balaban J connectivity index is 2.00. The highest BCUT2D eigenvalue weighted by Crippen LogP contribution is 2.26. The molecule has 2 atom stereocenters. The number of hydrogen-bond acceptors (Lipinski definition) is 3. The number of carbonyl (C=O) groups is 2. The van der Waals surface area contributed by atoms with Gasteiger partial charge in [-0.2, -0.15) is 0 Å². The highest BCUT2D eigenvalue weighted by Gasteiger charge is 2.27. The fraction of sp³-hybridized carbons (Fsp3) is 0.385. The lowest BCUT2D eigenvalue weighted by Gasteiger charge is -2.25. The van der Waals surface area contributed by atoms with Gasteiger partial charge in [0, 0.05) is 0 Å². The van der Waals surface area contributed by atoms with Gasteiger partial charge in [0.05, 0.1) is 5.92 Å². The van der Waals surface area contributed by atoms with E-state index < -0.39 is 12.0 Å². The van der Waals surface area contributed by atoms with E-state index in [0.29, 0.717) is 6.42 Å². The molecule has 18 heavy (non-hydrogen) atoms. The molecule has 2 unspecified atom stereocenters. The van der Waals surface area contributed by atoms with Crippen LogP contribution < -0.4 is 10.1 Å². The van der Waals surface area contributed by atoms with Crippen LogP contribution in [0.2, 0.25) is 0 Å². The van der Waals surface area contributed by atoms with E-state index in [1.807, 2.05) is 24.3 Å². The number of carbonyl (C=O) groups excluding carboxylic acids is 1. The first kappa shape index (κ1) is 12.4. The van der Waals surface area contributed by atoms with Crippen molar-refractivity contribution < 1.29 is 19.4 Å². The van der Waals surface area contributed by atoms with Crippen LogP contribution in [0.3, 0.4) is 0 Å². The van der Waals surface area contributed by atoms with Crippen molar-refractivity contribution in [1.82, 2.24) is 5.32 Å². The van der Waals surface area contributed by atoms with Gasteiger partial charge in [0.15, 0.2) is 0 Å².